The van der Waals surface area contributed by atoms with Crippen molar-refractivity contribution in [3.63, 3.8) is 0 Å². The minimum absolute atomic E-state index is 0.0692. The van der Waals surface area contributed by atoms with Crippen LogP contribution in [0, 0.1) is 16.2 Å². The molecule has 1 rings (SSSR count). The van der Waals surface area contributed by atoms with Gasteiger partial charge in [-0.2, -0.15) is 0 Å². The van der Waals surface area contributed by atoms with E-state index in [-0.39, 0.29) is 29.7 Å². The molecule has 1 aliphatic carbocycles. The zero-order valence-electron chi connectivity index (χ0n) is 14.3. The van der Waals surface area contributed by atoms with E-state index in [0.717, 1.165) is 19.3 Å². The number of carbonyl (C=O) groups is 1. The quantitative estimate of drug-likeness (QED) is 0.549. The molecular weight excluding hydrogens is 252 g/mol. The van der Waals surface area contributed by atoms with Crippen LogP contribution in [0.4, 0.5) is 0 Å². The van der Waals surface area contributed by atoms with Gasteiger partial charge in [-0.3, -0.25) is 4.79 Å². The first-order valence-corrected chi connectivity index (χ1v) is 7.82. The summed E-state index contributed by atoms with van der Waals surface area (Å²) < 4.78 is 11.3. The van der Waals surface area contributed by atoms with E-state index < -0.39 is 5.41 Å². The topological polar surface area (TPSA) is 35.5 Å². The monoisotopic (exact) mass is 284 g/mol. The molecule has 0 saturated heterocycles. The summed E-state index contributed by atoms with van der Waals surface area (Å²) in [6, 6.07) is 0. The normalized spacial score (nSPS) is 22.6. The van der Waals surface area contributed by atoms with Gasteiger partial charge in [0, 0.05) is 0 Å². The van der Waals surface area contributed by atoms with Crippen LogP contribution in [0.25, 0.3) is 0 Å². The summed E-state index contributed by atoms with van der Waals surface area (Å²) in [5.74, 6) is -0.175. The summed E-state index contributed by atoms with van der Waals surface area (Å²) in [6.07, 6.45) is 4.46. The molecule has 0 N–H and O–H groups in total. The minimum atomic E-state index is -0.430. The van der Waals surface area contributed by atoms with E-state index in [2.05, 4.69) is 27.7 Å². The number of hydrogen-bond donors (Lipinski definition) is 0. The Bertz CT molecular complexity index is 326. The Morgan fingerprint density at radius 2 is 1.65 bits per heavy atom. The van der Waals surface area contributed by atoms with Gasteiger partial charge in [0.05, 0.1) is 11.5 Å². The van der Waals surface area contributed by atoms with Crippen LogP contribution in [-0.4, -0.2) is 18.9 Å². The molecule has 0 aliphatic heterocycles. The molecule has 1 saturated carbocycles. The lowest BCUT2D eigenvalue weighted by atomic mass is 9.63. The van der Waals surface area contributed by atoms with E-state index in [1.54, 1.807) is 0 Å². The third-order valence-corrected chi connectivity index (χ3v) is 4.92. The summed E-state index contributed by atoms with van der Waals surface area (Å²) in [7, 11) is 0. The highest BCUT2D eigenvalue weighted by Crippen LogP contribution is 2.47. The van der Waals surface area contributed by atoms with Crippen molar-refractivity contribution in [2.45, 2.75) is 80.3 Å². The molecule has 3 nitrogen and oxygen atoms in total. The molecule has 0 bridgehead atoms. The fourth-order valence-electron chi connectivity index (χ4n) is 3.27. The predicted octanol–water partition coefficient (Wildman–Crippen LogP) is 4.54. The Kier molecular flexibility index (Phi) is 5.29. The van der Waals surface area contributed by atoms with Crippen LogP contribution < -0.4 is 0 Å². The van der Waals surface area contributed by atoms with E-state index in [9.17, 15) is 4.79 Å². The van der Waals surface area contributed by atoms with Gasteiger partial charge in [-0.25, -0.2) is 0 Å². The molecule has 0 atom stereocenters. The molecule has 0 aromatic carbocycles. The Balaban J connectivity index is 2.57. The predicted molar refractivity (Wildman–Crippen MR) is 81.3 cm³/mol. The first-order chi connectivity index (χ1) is 9.03. The summed E-state index contributed by atoms with van der Waals surface area (Å²) >= 11 is 0. The van der Waals surface area contributed by atoms with Crippen LogP contribution in [0.3, 0.4) is 0 Å². The molecule has 0 aromatic heterocycles. The maximum absolute atomic E-state index is 12.0. The lowest BCUT2D eigenvalue weighted by Crippen LogP contribution is -2.47. The Labute approximate surface area is 124 Å². The Morgan fingerprint density at radius 3 is 2.10 bits per heavy atom. The van der Waals surface area contributed by atoms with Crippen LogP contribution >= 0.6 is 0 Å². The van der Waals surface area contributed by atoms with Crippen molar-refractivity contribution in [3.05, 3.63) is 0 Å². The Hall–Kier alpha value is -0.570. The summed E-state index contributed by atoms with van der Waals surface area (Å²) in [4.78, 5) is 12.0. The van der Waals surface area contributed by atoms with Gasteiger partial charge in [-0.05, 0) is 43.9 Å². The third kappa shape index (κ3) is 3.97. The standard InChI is InChI=1S/C17H32O3/c1-8-15(2,3)14(18)20-12-19-13-16(4,5)10-9-11-17(13,6)7/h13H,8-12H2,1-7H3. The molecule has 3 heteroatoms. The molecule has 118 valence electrons. The van der Waals surface area contributed by atoms with Gasteiger partial charge >= 0.3 is 5.97 Å². The average Bonchev–Trinajstić information content (AvgIpc) is 2.31. The van der Waals surface area contributed by atoms with E-state index in [4.69, 9.17) is 9.47 Å². The molecule has 20 heavy (non-hydrogen) atoms. The SMILES string of the molecule is CCC(C)(C)C(=O)OCOC1C(C)(C)CCCC1(C)C. The van der Waals surface area contributed by atoms with Crippen molar-refractivity contribution in [2.75, 3.05) is 6.79 Å². The number of ether oxygens (including phenoxy) is 2. The second-order valence-corrected chi connectivity index (χ2v) is 8.16. The van der Waals surface area contributed by atoms with Crippen molar-refractivity contribution in [3.8, 4) is 0 Å². The molecule has 0 spiro atoms. The van der Waals surface area contributed by atoms with Gasteiger partial charge in [0.15, 0.2) is 6.79 Å². The first kappa shape index (κ1) is 17.5. The van der Waals surface area contributed by atoms with Gasteiger partial charge in [-0.1, -0.05) is 41.0 Å². The van der Waals surface area contributed by atoms with Gasteiger partial charge in [0.2, 0.25) is 0 Å². The van der Waals surface area contributed by atoms with Gasteiger partial charge in [0.25, 0.3) is 0 Å². The maximum atomic E-state index is 12.0. The summed E-state index contributed by atoms with van der Waals surface area (Å²) in [5, 5.41) is 0. The fraction of sp³-hybridized carbons (Fsp3) is 0.941. The number of hydrogen-bond acceptors (Lipinski definition) is 3. The molecule has 0 aromatic rings. The van der Waals surface area contributed by atoms with Crippen LogP contribution in [0.5, 0.6) is 0 Å². The van der Waals surface area contributed by atoms with Crippen molar-refractivity contribution in [1.29, 1.82) is 0 Å². The molecule has 0 amide bonds. The second kappa shape index (κ2) is 6.05. The van der Waals surface area contributed by atoms with E-state index in [1.165, 1.54) is 6.42 Å². The molecule has 0 unspecified atom stereocenters. The minimum Gasteiger partial charge on any atom is -0.438 e. The van der Waals surface area contributed by atoms with Crippen LogP contribution in [0.15, 0.2) is 0 Å². The molecular formula is C17H32O3. The third-order valence-electron chi connectivity index (χ3n) is 4.92. The maximum Gasteiger partial charge on any atom is 0.313 e. The first-order valence-electron chi connectivity index (χ1n) is 7.82. The number of carbonyl (C=O) groups excluding carboxylic acids is 1. The second-order valence-electron chi connectivity index (χ2n) is 8.16. The van der Waals surface area contributed by atoms with Crippen LogP contribution in [0.1, 0.15) is 74.1 Å². The van der Waals surface area contributed by atoms with Gasteiger partial charge in [-0.15, -0.1) is 0 Å². The zero-order chi connectivity index (χ0) is 15.6. The fourth-order valence-corrected chi connectivity index (χ4v) is 3.27. The highest BCUT2D eigenvalue weighted by Gasteiger charge is 2.45. The smallest absolute Gasteiger partial charge is 0.313 e. The summed E-state index contributed by atoms with van der Waals surface area (Å²) in [5.41, 5.74) is -0.163. The van der Waals surface area contributed by atoms with Crippen molar-refractivity contribution in [1.82, 2.24) is 0 Å². The van der Waals surface area contributed by atoms with Gasteiger partial charge < -0.3 is 9.47 Å². The van der Waals surface area contributed by atoms with Crippen molar-refractivity contribution < 1.29 is 14.3 Å². The van der Waals surface area contributed by atoms with Crippen molar-refractivity contribution in [2.24, 2.45) is 16.2 Å². The zero-order valence-corrected chi connectivity index (χ0v) is 14.3. The molecule has 1 aliphatic rings. The molecule has 0 radical (unpaired) electrons. The van der Waals surface area contributed by atoms with Crippen LogP contribution in [-0.2, 0) is 14.3 Å². The van der Waals surface area contributed by atoms with Crippen molar-refractivity contribution >= 4 is 5.97 Å². The highest BCUT2D eigenvalue weighted by molar-refractivity contribution is 5.75. The van der Waals surface area contributed by atoms with E-state index in [1.807, 2.05) is 20.8 Å². The molecule has 0 heterocycles. The molecule has 1 fully saturated rings. The van der Waals surface area contributed by atoms with E-state index in [0.29, 0.717) is 0 Å². The van der Waals surface area contributed by atoms with Crippen LogP contribution in [0.2, 0.25) is 0 Å². The van der Waals surface area contributed by atoms with Gasteiger partial charge in [0.1, 0.15) is 0 Å². The highest BCUT2D eigenvalue weighted by atomic mass is 16.7. The Morgan fingerprint density at radius 1 is 1.15 bits per heavy atom. The number of esters is 1. The largest absolute Gasteiger partial charge is 0.438 e. The van der Waals surface area contributed by atoms with E-state index >= 15 is 0 Å². The lowest BCUT2D eigenvalue weighted by molar-refractivity contribution is -0.195. The lowest BCUT2D eigenvalue weighted by Gasteiger charge is -2.48. The number of rotatable bonds is 5. The summed E-state index contributed by atoms with van der Waals surface area (Å²) in [6.45, 7) is 14.9. The average molecular weight is 284 g/mol.